The Bertz CT molecular complexity index is 479. The molecule has 0 saturated heterocycles. The maximum absolute atomic E-state index is 12.1. The minimum atomic E-state index is -0.0336. The Morgan fingerprint density at radius 2 is 2.00 bits per heavy atom. The summed E-state index contributed by atoms with van der Waals surface area (Å²) in [7, 11) is 0. The second-order valence-electron chi connectivity index (χ2n) is 5.33. The molecule has 0 aliphatic heterocycles. The summed E-state index contributed by atoms with van der Waals surface area (Å²) in [5.74, 6) is 0.148. The summed E-state index contributed by atoms with van der Waals surface area (Å²) < 4.78 is 0. The number of aliphatic hydroxyl groups excluding tert-OH is 1. The van der Waals surface area contributed by atoms with Gasteiger partial charge in [0.25, 0.3) is 0 Å². The van der Waals surface area contributed by atoms with E-state index in [-0.39, 0.29) is 30.9 Å². The van der Waals surface area contributed by atoms with E-state index in [1.165, 1.54) is 0 Å². The minimum Gasteiger partial charge on any atom is -0.396 e. The maximum atomic E-state index is 12.1. The van der Waals surface area contributed by atoms with Crippen molar-refractivity contribution in [2.45, 2.75) is 38.1 Å². The lowest BCUT2D eigenvalue weighted by Gasteiger charge is -2.30. The van der Waals surface area contributed by atoms with Gasteiger partial charge in [-0.3, -0.25) is 4.79 Å². The zero-order chi connectivity index (χ0) is 14.5. The van der Waals surface area contributed by atoms with Crippen molar-refractivity contribution in [2.75, 3.05) is 6.61 Å². The second kappa shape index (κ2) is 7.30. The summed E-state index contributed by atoms with van der Waals surface area (Å²) in [5.41, 5.74) is 0.841. The lowest BCUT2D eigenvalue weighted by molar-refractivity contribution is -0.121. The molecule has 5 heteroatoms. The Labute approximate surface area is 129 Å². The molecule has 1 saturated carbocycles. The third-order valence-electron chi connectivity index (χ3n) is 3.84. The lowest BCUT2D eigenvalue weighted by atomic mass is 9.85. The van der Waals surface area contributed by atoms with Crippen LogP contribution in [0.5, 0.6) is 0 Å². The summed E-state index contributed by atoms with van der Waals surface area (Å²) in [4.78, 5) is 12.1. The maximum Gasteiger partial charge on any atom is 0.224 e. The topological polar surface area (TPSA) is 49.3 Å². The smallest absolute Gasteiger partial charge is 0.224 e. The van der Waals surface area contributed by atoms with E-state index in [2.05, 4.69) is 5.32 Å². The third-order valence-corrected chi connectivity index (χ3v) is 4.58. The third kappa shape index (κ3) is 4.11. The molecule has 1 aliphatic carbocycles. The van der Waals surface area contributed by atoms with E-state index in [1.54, 1.807) is 18.2 Å². The van der Waals surface area contributed by atoms with Crippen LogP contribution in [-0.2, 0) is 11.2 Å². The van der Waals surface area contributed by atoms with E-state index in [0.29, 0.717) is 10.0 Å². The first kappa shape index (κ1) is 15.6. The molecule has 1 amide bonds. The monoisotopic (exact) mass is 315 g/mol. The highest BCUT2D eigenvalue weighted by molar-refractivity contribution is 6.42. The van der Waals surface area contributed by atoms with Gasteiger partial charge < -0.3 is 10.4 Å². The van der Waals surface area contributed by atoms with Crippen molar-refractivity contribution in [1.82, 2.24) is 5.32 Å². The molecule has 2 rings (SSSR count). The van der Waals surface area contributed by atoms with Gasteiger partial charge in [-0.15, -0.1) is 0 Å². The number of carbonyl (C=O) groups excluding carboxylic acids is 1. The molecular formula is C15H19Cl2NO2. The van der Waals surface area contributed by atoms with Gasteiger partial charge in [0.05, 0.1) is 16.5 Å². The van der Waals surface area contributed by atoms with Gasteiger partial charge in [0.15, 0.2) is 0 Å². The first-order chi connectivity index (χ1) is 9.60. The van der Waals surface area contributed by atoms with E-state index >= 15 is 0 Å². The number of hydrogen-bond donors (Lipinski definition) is 2. The molecule has 1 aromatic carbocycles. The van der Waals surface area contributed by atoms with Crippen molar-refractivity contribution in [3.05, 3.63) is 33.8 Å². The van der Waals surface area contributed by atoms with E-state index < -0.39 is 0 Å². The molecule has 1 aromatic rings. The number of halogens is 2. The quantitative estimate of drug-likeness (QED) is 0.896. The summed E-state index contributed by atoms with van der Waals surface area (Å²) in [6.07, 6.45) is 4.44. The highest BCUT2D eigenvalue weighted by Crippen LogP contribution is 2.25. The van der Waals surface area contributed by atoms with Crippen LogP contribution in [0.3, 0.4) is 0 Å². The molecule has 0 aromatic heterocycles. The predicted molar refractivity (Wildman–Crippen MR) is 81.1 cm³/mol. The molecule has 1 aliphatic rings. The molecule has 0 radical (unpaired) electrons. The molecular weight excluding hydrogens is 297 g/mol. The van der Waals surface area contributed by atoms with Crippen molar-refractivity contribution in [1.29, 1.82) is 0 Å². The van der Waals surface area contributed by atoms with Crippen molar-refractivity contribution in [3.8, 4) is 0 Å². The van der Waals surface area contributed by atoms with E-state index in [1.807, 2.05) is 0 Å². The van der Waals surface area contributed by atoms with Crippen molar-refractivity contribution < 1.29 is 9.90 Å². The van der Waals surface area contributed by atoms with Crippen molar-refractivity contribution in [3.63, 3.8) is 0 Å². The van der Waals surface area contributed by atoms with E-state index in [0.717, 1.165) is 31.2 Å². The van der Waals surface area contributed by atoms with Gasteiger partial charge in [0.1, 0.15) is 0 Å². The van der Waals surface area contributed by atoms with E-state index in [4.69, 9.17) is 23.2 Å². The fourth-order valence-corrected chi connectivity index (χ4v) is 3.03. The van der Waals surface area contributed by atoms with Crippen LogP contribution < -0.4 is 5.32 Å². The molecule has 0 bridgehead atoms. The van der Waals surface area contributed by atoms with Gasteiger partial charge >= 0.3 is 0 Å². The minimum absolute atomic E-state index is 0.0336. The number of carbonyl (C=O) groups is 1. The fraction of sp³-hybridized carbons (Fsp3) is 0.533. The molecule has 2 N–H and O–H groups in total. The fourth-order valence-electron chi connectivity index (χ4n) is 2.71. The number of aliphatic hydroxyl groups is 1. The van der Waals surface area contributed by atoms with Gasteiger partial charge in [-0.1, -0.05) is 42.1 Å². The molecule has 1 fully saturated rings. The van der Waals surface area contributed by atoms with Gasteiger partial charge in [-0.25, -0.2) is 0 Å². The van der Waals surface area contributed by atoms with Crippen LogP contribution in [-0.4, -0.2) is 23.7 Å². The summed E-state index contributed by atoms with van der Waals surface area (Å²) in [6.45, 7) is 0.137. The molecule has 2 atom stereocenters. The molecule has 2 unspecified atom stereocenters. The van der Waals surface area contributed by atoms with Crippen LogP contribution in [0.2, 0.25) is 10.0 Å². The number of benzene rings is 1. The van der Waals surface area contributed by atoms with Gasteiger partial charge in [-0.2, -0.15) is 0 Å². The van der Waals surface area contributed by atoms with Gasteiger partial charge in [0, 0.05) is 18.6 Å². The van der Waals surface area contributed by atoms with Crippen LogP contribution in [0.15, 0.2) is 18.2 Å². The first-order valence-corrected chi connectivity index (χ1v) is 7.70. The average Bonchev–Trinajstić information content (AvgIpc) is 2.43. The Kier molecular flexibility index (Phi) is 5.70. The highest BCUT2D eigenvalue weighted by Gasteiger charge is 2.25. The standard InChI is InChI=1S/C15H19Cl2NO2/c16-12-6-5-10(7-13(12)17)8-15(20)18-14-4-2-1-3-11(14)9-19/h5-7,11,14,19H,1-4,8-9H2,(H,18,20). The Hall–Kier alpha value is -0.770. The summed E-state index contributed by atoms with van der Waals surface area (Å²) >= 11 is 11.8. The normalized spacial score (nSPS) is 22.6. The zero-order valence-electron chi connectivity index (χ0n) is 11.2. The first-order valence-electron chi connectivity index (χ1n) is 6.94. The van der Waals surface area contributed by atoms with E-state index in [9.17, 15) is 9.90 Å². The van der Waals surface area contributed by atoms with Gasteiger partial charge in [-0.05, 0) is 30.5 Å². The Morgan fingerprint density at radius 1 is 1.25 bits per heavy atom. The SMILES string of the molecule is O=C(Cc1ccc(Cl)c(Cl)c1)NC1CCCCC1CO. The largest absolute Gasteiger partial charge is 0.396 e. The number of nitrogens with one attached hydrogen (secondary N) is 1. The lowest BCUT2D eigenvalue weighted by Crippen LogP contribution is -2.44. The average molecular weight is 316 g/mol. The van der Waals surface area contributed by atoms with Gasteiger partial charge in [0.2, 0.25) is 5.91 Å². The van der Waals surface area contributed by atoms with Crippen LogP contribution >= 0.6 is 23.2 Å². The molecule has 0 heterocycles. The van der Waals surface area contributed by atoms with Crippen molar-refractivity contribution in [2.24, 2.45) is 5.92 Å². The number of amides is 1. The zero-order valence-corrected chi connectivity index (χ0v) is 12.8. The van der Waals surface area contributed by atoms with Crippen LogP contribution in [0, 0.1) is 5.92 Å². The number of rotatable bonds is 4. The molecule has 20 heavy (non-hydrogen) atoms. The second-order valence-corrected chi connectivity index (χ2v) is 6.14. The summed E-state index contributed by atoms with van der Waals surface area (Å²) in [5, 5.41) is 13.3. The van der Waals surface area contributed by atoms with Crippen molar-refractivity contribution >= 4 is 29.1 Å². The molecule has 110 valence electrons. The molecule has 0 spiro atoms. The Balaban J connectivity index is 1.92. The predicted octanol–water partition coefficient (Wildman–Crippen LogP) is 3.20. The number of hydrogen-bond acceptors (Lipinski definition) is 2. The molecule has 3 nitrogen and oxygen atoms in total. The highest BCUT2D eigenvalue weighted by atomic mass is 35.5. The van der Waals surface area contributed by atoms with Crippen LogP contribution in [0.1, 0.15) is 31.2 Å². The van der Waals surface area contributed by atoms with Crippen LogP contribution in [0.25, 0.3) is 0 Å². The summed E-state index contributed by atoms with van der Waals surface area (Å²) in [6, 6.07) is 5.31. The Morgan fingerprint density at radius 3 is 2.70 bits per heavy atom. The van der Waals surface area contributed by atoms with Crippen LogP contribution in [0.4, 0.5) is 0 Å².